The number of aromatic nitrogens is 3. The van der Waals surface area contributed by atoms with E-state index in [0.29, 0.717) is 53.8 Å². The summed E-state index contributed by atoms with van der Waals surface area (Å²) in [6.45, 7) is 6.82. The van der Waals surface area contributed by atoms with E-state index in [1.165, 1.54) is 12.1 Å². The number of H-pyrrole nitrogens is 1. The number of hydrogen-bond donors (Lipinski definition) is 4. The maximum Gasteiger partial charge on any atom is 0.408 e. The first-order chi connectivity index (χ1) is 24.8. The fourth-order valence-corrected chi connectivity index (χ4v) is 6.96. The molecule has 1 aliphatic rings. The molecule has 4 aromatic carbocycles. The number of aromatic amines is 1. The van der Waals surface area contributed by atoms with Crippen LogP contribution < -0.4 is 16.4 Å². The molecule has 0 bridgehead atoms. The highest BCUT2D eigenvalue weighted by Gasteiger charge is 2.28. The molecule has 7 rings (SSSR count). The van der Waals surface area contributed by atoms with Gasteiger partial charge in [-0.15, -0.1) is 0 Å². The smallest absolute Gasteiger partial charge is 0.408 e. The standard InChI is InChI=1S/C40H41FN6O5/c1-22(43-39(50)52-40(2,3)4)38(49)51-26-16-13-24(14-17-26)44-31-21-25(15-18-27(31)36(42)48)47-33-10-6-5-8-28(33)35-29(9-7-11-34(35)47)37-45-30-19-12-23(41)20-32(30)46-37/h5-12,15,18-22,24,26,44H,13-14,16-17H2,1-4H3,(H2,42,48)(H,43,50)(H,45,46)/t22-,24?,26?/m0/s1. The molecule has 0 aliphatic heterocycles. The van der Waals surface area contributed by atoms with E-state index in [4.69, 9.17) is 20.2 Å². The largest absolute Gasteiger partial charge is 0.461 e. The summed E-state index contributed by atoms with van der Waals surface area (Å²) in [7, 11) is 0. The number of hydrogen-bond acceptors (Lipinski definition) is 7. The molecule has 0 radical (unpaired) electrons. The van der Waals surface area contributed by atoms with Gasteiger partial charge in [-0.1, -0.05) is 30.3 Å². The fraction of sp³-hybridized carbons (Fsp3) is 0.300. The van der Waals surface area contributed by atoms with Gasteiger partial charge >= 0.3 is 12.1 Å². The van der Waals surface area contributed by atoms with Crippen LogP contribution in [0.25, 0.3) is 49.9 Å². The molecule has 12 heteroatoms. The van der Waals surface area contributed by atoms with E-state index in [2.05, 4.69) is 32.3 Å². The number of ether oxygens (including phenoxy) is 2. The Morgan fingerprint density at radius 2 is 1.71 bits per heavy atom. The molecular formula is C40H41FN6O5. The number of halogens is 1. The Hall–Kier alpha value is -5.91. The van der Waals surface area contributed by atoms with Crippen LogP contribution in [0, 0.1) is 5.82 Å². The lowest BCUT2D eigenvalue weighted by Gasteiger charge is -2.31. The number of anilines is 1. The number of para-hydroxylation sites is 1. The van der Waals surface area contributed by atoms with E-state index in [0.717, 1.165) is 33.1 Å². The van der Waals surface area contributed by atoms with Gasteiger partial charge in [0.2, 0.25) is 0 Å². The van der Waals surface area contributed by atoms with Crippen molar-refractivity contribution in [2.45, 2.75) is 77.2 Å². The van der Waals surface area contributed by atoms with E-state index in [1.54, 1.807) is 39.8 Å². The Balaban J connectivity index is 1.14. The van der Waals surface area contributed by atoms with E-state index in [9.17, 15) is 18.8 Å². The molecule has 2 aromatic heterocycles. The number of primary amides is 1. The van der Waals surface area contributed by atoms with Crippen molar-refractivity contribution in [3.8, 4) is 17.1 Å². The number of nitrogens with one attached hydrogen (secondary N) is 3. The van der Waals surface area contributed by atoms with Crippen LogP contribution in [-0.4, -0.2) is 56.3 Å². The Labute approximate surface area is 299 Å². The molecule has 0 spiro atoms. The van der Waals surface area contributed by atoms with Crippen LogP contribution >= 0.6 is 0 Å². The predicted octanol–water partition coefficient (Wildman–Crippen LogP) is 7.74. The van der Waals surface area contributed by atoms with Crippen LogP contribution in [0.2, 0.25) is 0 Å². The summed E-state index contributed by atoms with van der Waals surface area (Å²) in [6, 6.07) is 23.3. The third kappa shape index (κ3) is 7.01. The maximum atomic E-state index is 14.0. The second-order valence-electron chi connectivity index (χ2n) is 14.3. The van der Waals surface area contributed by atoms with Gasteiger partial charge in [-0.2, -0.15) is 0 Å². The van der Waals surface area contributed by atoms with Crippen molar-refractivity contribution < 1.29 is 28.2 Å². The number of imidazole rings is 1. The van der Waals surface area contributed by atoms with Gasteiger partial charge < -0.3 is 35.4 Å². The van der Waals surface area contributed by atoms with Crippen LogP contribution in [-0.2, 0) is 14.3 Å². The zero-order valence-corrected chi connectivity index (χ0v) is 29.5. The van der Waals surface area contributed by atoms with Crippen molar-refractivity contribution in [2.24, 2.45) is 5.73 Å². The first-order valence-corrected chi connectivity index (χ1v) is 17.4. The number of alkyl carbamates (subject to hydrolysis) is 1. The van der Waals surface area contributed by atoms with E-state index >= 15 is 0 Å². The van der Waals surface area contributed by atoms with Crippen LogP contribution in [0.1, 0.15) is 63.7 Å². The summed E-state index contributed by atoms with van der Waals surface area (Å²) < 4.78 is 27.1. The van der Waals surface area contributed by atoms with Gasteiger partial charge in [0.25, 0.3) is 5.91 Å². The number of carbonyl (C=O) groups is 3. The molecule has 1 aliphatic carbocycles. The van der Waals surface area contributed by atoms with Crippen LogP contribution in [0.3, 0.4) is 0 Å². The Kier molecular flexibility index (Phi) is 9.08. The summed E-state index contributed by atoms with van der Waals surface area (Å²) in [5.74, 6) is -0.767. The lowest BCUT2D eigenvalue weighted by Crippen LogP contribution is -2.44. The molecule has 268 valence electrons. The van der Waals surface area contributed by atoms with Crippen molar-refractivity contribution in [3.05, 3.63) is 90.2 Å². The van der Waals surface area contributed by atoms with Crippen molar-refractivity contribution in [2.75, 3.05) is 5.32 Å². The molecule has 5 N–H and O–H groups in total. The summed E-state index contributed by atoms with van der Waals surface area (Å²) in [5.41, 5.74) is 11.0. The minimum absolute atomic E-state index is 0.00305. The Bertz CT molecular complexity index is 2330. The van der Waals surface area contributed by atoms with Gasteiger partial charge in [-0.25, -0.2) is 19.0 Å². The lowest BCUT2D eigenvalue weighted by molar-refractivity contribution is -0.152. The SMILES string of the molecule is C[C@H](NC(=O)OC(C)(C)C)C(=O)OC1CCC(Nc2cc(-n3c4ccccc4c4c(-c5nc6ccc(F)cc6[nH]5)cccc43)ccc2C(N)=O)CC1. The second-order valence-corrected chi connectivity index (χ2v) is 14.3. The number of fused-ring (bicyclic) bond motifs is 4. The molecule has 2 heterocycles. The average molecular weight is 705 g/mol. The zero-order valence-electron chi connectivity index (χ0n) is 29.5. The summed E-state index contributed by atoms with van der Waals surface area (Å²) in [5, 5.41) is 8.08. The van der Waals surface area contributed by atoms with Crippen molar-refractivity contribution in [1.82, 2.24) is 19.9 Å². The van der Waals surface area contributed by atoms with Crippen LogP contribution in [0.5, 0.6) is 0 Å². The first-order valence-electron chi connectivity index (χ1n) is 17.4. The average Bonchev–Trinajstić information content (AvgIpc) is 3.67. The van der Waals surface area contributed by atoms with E-state index in [1.807, 2.05) is 42.5 Å². The van der Waals surface area contributed by atoms with Gasteiger partial charge in [-0.3, -0.25) is 4.79 Å². The molecule has 1 atom stereocenters. The van der Waals surface area contributed by atoms with Gasteiger partial charge in [0, 0.05) is 33.8 Å². The molecule has 2 amide bonds. The quantitative estimate of drug-likeness (QED) is 0.118. The number of nitrogens with two attached hydrogens (primary N) is 1. The van der Waals surface area contributed by atoms with Gasteiger partial charge in [0.15, 0.2) is 0 Å². The number of nitrogens with zero attached hydrogens (tertiary/aromatic N) is 2. The Morgan fingerprint density at radius 3 is 2.46 bits per heavy atom. The summed E-state index contributed by atoms with van der Waals surface area (Å²) in [6.07, 6.45) is 1.62. The monoisotopic (exact) mass is 704 g/mol. The van der Waals surface area contributed by atoms with Crippen molar-refractivity contribution >= 4 is 56.5 Å². The first kappa shape index (κ1) is 34.5. The number of esters is 1. The number of amides is 2. The molecule has 6 aromatic rings. The minimum atomic E-state index is -0.855. The normalized spacial score (nSPS) is 16.9. The van der Waals surface area contributed by atoms with Gasteiger partial charge in [0.05, 0.1) is 27.6 Å². The van der Waals surface area contributed by atoms with E-state index < -0.39 is 29.6 Å². The minimum Gasteiger partial charge on any atom is -0.461 e. The number of rotatable bonds is 8. The van der Waals surface area contributed by atoms with Crippen molar-refractivity contribution in [1.29, 1.82) is 0 Å². The highest BCUT2D eigenvalue weighted by atomic mass is 19.1. The third-order valence-corrected chi connectivity index (χ3v) is 9.33. The summed E-state index contributed by atoms with van der Waals surface area (Å²) >= 11 is 0. The Morgan fingerprint density at radius 1 is 0.962 bits per heavy atom. The molecule has 52 heavy (non-hydrogen) atoms. The predicted molar refractivity (Wildman–Crippen MR) is 199 cm³/mol. The topological polar surface area (TPSA) is 153 Å². The van der Waals surface area contributed by atoms with Crippen LogP contribution in [0.4, 0.5) is 14.9 Å². The molecule has 1 saturated carbocycles. The lowest BCUT2D eigenvalue weighted by atomic mass is 9.92. The van der Waals surface area contributed by atoms with Gasteiger partial charge in [-0.05, 0) is 102 Å². The molecule has 0 unspecified atom stereocenters. The highest BCUT2D eigenvalue weighted by Crippen LogP contribution is 2.39. The number of carbonyl (C=O) groups excluding carboxylic acids is 3. The molecule has 11 nitrogen and oxygen atoms in total. The number of benzene rings is 4. The van der Waals surface area contributed by atoms with Gasteiger partial charge in [0.1, 0.15) is 29.4 Å². The zero-order chi connectivity index (χ0) is 36.7. The summed E-state index contributed by atoms with van der Waals surface area (Å²) in [4.78, 5) is 45.5. The second kappa shape index (κ2) is 13.7. The van der Waals surface area contributed by atoms with E-state index in [-0.39, 0.29) is 18.0 Å². The molecule has 1 fully saturated rings. The molecular weight excluding hydrogens is 663 g/mol. The third-order valence-electron chi connectivity index (χ3n) is 9.33. The molecule has 0 saturated heterocycles. The van der Waals surface area contributed by atoms with Crippen molar-refractivity contribution in [3.63, 3.8) is 0 Å². The van der Waals surface area contributed by atoms with Crippen LogP contribution in [0.15, 0.2) is 78.9 Å². The fourth-order valence-electron chi connectivity index (χ4n) is 6.96. The maximum absolute atomic E-state index is 14.0. The highest BCUT2D eigenvalue weighted by molar-refractivity contribution is 6.15.